The number of likely N-dealkylation sites (tertiary alicyclic amines) is 1. The molecule has 37 heavy (non-hydrogen) atoms. The summed E-state index contributed by atoms with van der Waals surface area (Å²) >= 11 is 0. The summed E-state index contributed by atoms with van der Waals surface area (Å²) in [5.74, 6) is -2.62. The quantitative estimate of drug-likeness (QED) is 0.501. The molecule has 1 aliphatic carbocycles. The second kappa shape index (κ2) is 11.2. The molecule has 1 aromatic heterocycles. The van der Waals surface area contributed by atoms with Gasteiger partial charge in [-0.25, -0.2) is 13.6 Å². The smallest absolute Gasteiger partial charge is 0.320 e. The zero-order valence-electron chi connectivity index (χ0n) is 21.1. The Hall–Kier alpha value is -3.57. The molecule has 1 saturated heterocycles. The van der Waals surface area contributed by atoms with Crippen LogP contribution in [0.2, 0.25) is 0 Å². The molecule has 0 bridgehead atoms. The van der Waals surface area contributed by atoms with Crippen LogP contribution in [-0.2, 0) is 11.8 Å². The number of primary amides is 1. The molecule has 3 amide bonds. The Morgan fingerprint density at radius 1 is 1.22 bits per heavy atom. The number of halogens is 2. The second-order valence-corrected chi connectivity index (χ2v) is 9.52. The third-order valence-corrected chi connectivity index (χ3v) is 7.12. The molecule has 0 spiro atoms. The van der Waals surface area contributed by atoms with E-state index in [4.69, 9.17) is 10.5 Å². The lowest BCUT2D eigenvalue weighted by Gasteiger charge is -2.32. The highest BCUT2D eigenvalue weighted by Gasteiger charge is 2.42. The molecule has 4 atom stereocenters. The van der Waals surface area contributed by atoms with Gasteiger partial charge in [0.1, 0.15) is 11.6 Å². The van der Waals surface area contributed by atoms with Gasteiger partial charge in [0.05, 0.1) is 12.3 Å². The summed E-state index contributed by atoms with van der Waals surface area (Å²) in [6.07, 6.45) is 2.89. The monoisotopic (exact) mass is 514 g/mol. The molecular formula is C26H32F2N6O3. The van der Waals surface area contributed by atoms with Gasteiger partial charge >= 0.3 is 6.03 Å². The molecule has 2 aliphatic rings. The third kappa shape index (κ3) is 5.89. The Bertz CT molecular complexity index is 1210. The van der Waals surface area contributed by atoms with Crippen LogP contribution in [0.3, 0.4) is 0 Å². The van der Waals surface area contributed by atoms with Crippen LogP contribution in [-0.4, -0.2) is 66.0 Å². The van der Waals surface area contributed by atoms with Gasteiger partial charge in [-0.05, 0) is 24.1 Å². The van der Waals surface area contributed by atoms with Crippen molar-refractivity contribution in [1.82, 2.24) is 20.0 Å². The minimum atomic E-state index is -0.837. The SMILES string of the molecule is COCCN1C[C@@H](NC(=O)Nc2cc(-c3ccc(C(N)=O)cc3)nn2C)[C@H](C2C=CC(F)=C(F)C2C)C1. The number of benzene rings is 1. The molecule has 9 nitrogen and oxygen atoms in total. The Morgan fingerprint density at radius 3 is 2.62 bits per heavy atom. The average Bonchev–Trinajstić information content (AvgIpc) is 3.44. The first-order chi connectivity index (χ1) is 17.7. The summed E-state index contributed by atoms with van der Waals surface area (Å²) in [7, 11) is 3.33. The van der Waals surface area contributed by atoms with Crippen molar-refractivity contribution in [1.29, 1.82) is 0 Å². The molecule has 1 fully saturated rings. The van der Waals surface area contributed by atoms with Gasteiger partial charge in [0.25, 0.3) is 0 Å². The van der Waals surface area contributed by atoms with Gasteiger partial charge in [0, 0.05) is 68.9 Å². The summed E-state index contributed by atoms with van der Waals surface area (Å²) in [6.45, 7) is 4.06. The van der Waals surface area contributed by atoms with E-state index in [2.05, 4.69) is 20.6 Å². The molecular weight excluding hydrogens is 482 g/mol. The molecule has 1 aliphatic heterocycles. The molecule has 0 saturated carbocycles. The number of nitrogens with two attached hydrogens (primary N) is 1. The van der Waals surface area contributed by atoms with Crippen LogP contribution in [0.15, 0.2) is 54.1 Å². The number of rotatable bonds is 8. The molecule has 11 heteroatoms. The summed E-state index contributed by atoms with van der Waals surface area (Å²) in [6, 6.07) is 7.73. The lowest BCUT2D eigenvalue weighted by molar-refractivity contribution is 0.1000. The Balaban J connectivity index is 1.46. The van der Waals surface area contributed by atoms with E-state index in [1.54, 1.807) is 62.2 Å². The fourth-order valence-corrected chi connectivity index (χ4v) is 5.05. The summed E-state index contributed by atoms with van der Waals surface area (Å²) in [4.78, 5) is 26.5. The van der Waals surface area contributed by atoms with Crippen molar-refractivity contribution in [2.75, 3.05) is 38.7 Å². The summed E-state index contributed by atoms with van der Waals surface area (Å²) in [5, 5.41) is 10.3. The molecule has 0 radical (unpaired) electrons. The predicted octanol–water partition coefficient (Wildman–Crippen LogP) is 3.23. The topological polar surface area (TPSA) is 115 Å². The van der Waals surface area contributed by atoms with Crippen molar-refractivity contribution in [3.63, 3.8) is 0 Å². The van der Waals surface area contributed by atoms with Gasteiger partial charge in [-0.2, -0.15) is 5.10 Å². The highest BCUT2D eigenvalue weighted by molar-refractivity contribution is 5.93. The van der Waals surface area contributed by atoms with Crippen LogP contribution in [0.4, 0.5) is 19.4 Å². The van der Waals surface area contributed by atoms with Crippen LogP contribution >= 0.6 is 0 Å². The second-order valence-electron chi connectivity index (χ2n) is 9.52. The number of anilines is 1. The van der Waals surface area contributed by atoms with Crippen molar-refractivity contribution >= 4 is 17.8 Å². The number of carbonyl (C=O) groups is 2. The molecule has 4 rings (SSSR count). The zero-order chi connectivity index (χ0) is 26.7. The first-order valence-electron chi connectivity index (χ1n) is 12.1. The maximum absolute atomic E-state index is 14.4. The van der Waals surface area contributed by atoms with E-state index in [1.807, 2.05) is 0 Å². The number of hydrogen-bond donors (Lipinski definition) is 3. The molecule has 198 valence electrons. The number of nitrogens with zero attached hydrogens (tertiary/aromatic N) is 3. The lowest BCUT2D eigenvalue weighted by Crippen LogP contribution is -2.45. The standard InChI is InChI=1S/C26H32F2N6O3/c1-15-18(8-9-20(27)24(15)28)19-13-34(10-11-37-3)14-22(19)30-26(36)31-23-12-21(32-33(23)2)16-4-6-17(7-5-16)25(29)35/h4-9,12,15,18-19,22H,10-11,13-14H2,1-3H3,(H2,29,35)(H2,30,31,36)/t15?,18?,19-,22+/m0/s1. The number of aryl methyl sites for hydroxylation is 1. The van der Waals surface area contributed by atoms with Crippen molar-refractivity contribution in [3.8, 4) is 11.3 Å². The number of ether oxygens (including phenoxy) is 1. The van der Waals surface area contributed by atoms with Crippen molar-refractivity contribution in [2.24, 2.45) is 30.5 Å². The van der Waals surface area contributed by atoms with E-state index in [1.165, 1.54) is 6.08 Å². The fourth-order valence-electron chi connectivity index (χ4n) is 5.05. The number of aromatic nitrogens is 2. The summed E-state index contributed by atoms with van der Waals surface area (Å²) in [5.41, 5.74) is 7.07. The Morgan fingerprint density at radius 2 is 1.95 bits per heavy atom. The lowest BCUT2D eigenvalue weighted by atomic mass is 9.77. The van der Waals surface area contributed by atoms with Gasteiger partial charge in [-0.3, -0.25) is 19.7 Å². The maximum atomic E-state index is 14.4. The summed E-state index contributed by atoms with van der Waals surface area (Å²) < 4.78 is 34.9. The van der Waals surface area contributed by atoms with Crippen LogP contribution in [0, 0.1) is 17.8 Å². The van der Waals surface area contributed by atoms with Gasteiger partial charge in [0.15, 0.2) is 5.83 Å². The van der Waals surface area contributed by atoms with E-state index in [0.29, 0.717) is 43.3 Å². The van der Waals surface area contributed by atoms with Crippen molar-refractivity contribution in [3.05, 3.63) is 59.7 Å². The first kappa shape index (κ1) is 26.5. The van der Waals surface area contributed by atoms with Gasteiger partial charge < -0.3 is 15.8 Å². The van der Waals surface area contributed by atoms with Gasteiger partial charge in [-0.1, -0.05) is 25.1 Å². The van der Waals surface area contributed by atoms with Gasteiger partial charge in [0.2, 0.25) is 5.91 Å². The highest BCUT2D eigenvalue weighted by Crippen LogP contribution is 2.39. The van der Waals surface area contributed by atoms with Crippen LogP contribution in [0.1, 0.15) is 17.3 Å². The van der Waals surface area contributed by atoms with E-state index in [0.717, 1.165) is 5.56 Å². The van der Waals surface area contributed by atoms with E-state index in [9.17, 15) is 18.4 Å². The highest BCUT2D eigenvalue weighted by atomic mass is 19.2. The molecule has 2 unspecified atom stereocenters. The Labute approximate surface area is 214 Å². The minimum absolute atomic E-state index is 0.112. The number of allylic oxidation sites excluding steroid dienone is 4. The number of carbonyl (C=O) groups excluding carboxylic acids is 2. The van der Waals surface area contributed by atoms with Crippen molar-refractivity contribution in [2.45, 2.75) is 13.0 Å². The molecule has 1 aromatic carbocycles. The number of amides is 3. The van der Waals surface area contributed by atoms with Crippen LogP contribution in [0.5, 0.6) is 0 Å². The number of nitrogens with one attached hydrogen (secondary N) is 2. The van der Waals surface area contributed by atoms with Crippen LogP contribution < -0.4 is 16.4 Å². The average molecular weight is 515 g/mol. The third-order valence-electron chi connectivity index (χ3n) is 7.12. The Kier molecular flexibility index (Phi) is 8.03. The molecule has 2 aromatic rings. The van der Waals surface area contributed by atoms with E-state index in [-0.39, 0.29) is 17.9 Å². The molecule has 4 N–H and O–H groups in total. The minimum Gasteiger partial charge on any atom is -0.383 e. The largest absolute Gasteiger partial charge is 0.383 e. The first-order valence-corrected chi connectivity index (χ1v) is 12.1. The number of hydrogen-bond acceptors (Lipinski definition) is 5. The molecule has 2 heterocycles. The normalized spacial score (nSPS) is 23.9. The van der Waals surface area contributed by atoms with Crippen LogP contribution in [0.25, 0.3) is 11.3 Å². The number of methoxy groups -OCH3 is 1. The zero-order valence-corrected chi connectivity index (χ0v) is 21.1. The van der Waals surface area contributed by atoms with Crippen molar-refractivity contribution < 1.29 is 23.1 Å². The maximum Gasteiger partial charge on any atom is 0.320 e. The van der Waals surface area contributed by atoms with E-state index >= 15 is 0 Å². The number of urea groups is 1. The van der Waals surface area contributed by atoms with Gasteiger partial charge in [-0.15, -0.1) is 0 Å². The fraction of sp³-hybridized carbons (Fsp3) is 0.423. The predicted molar refractivity (Wildman–Crippen MR) is 136 cm³/mol. The van der Waals surface area contributed by atoms with E-state index < -0.39 is 29.5 Å².